The first kappa shape index (κ1) is 13.0. The molecule has 20 heavy (non-hydrogen) atoms. The number of aryl methyl sites for hydroxylation is 1. The van der Waals surface area contributed by atoms with E-state index < -0.39 is 5.97 Å². The smallest absolute Gasteiger partial charge is 0.337 e. The molecule has 0 spiro atoms. The van der Waals surface area contributed by atoms with Crippen LogP contribution < -0.4 is 10.6 Å². The minimum absolute atomic E-state index is 0.191. The molecule has 3 rings (SSSR count). The molecule has 0 unspecified atom stereocenters. The molecule has 1 aromatic carbocycles. The number of hydrogen-bond donors (Lipinski definition) is 2. The summed E-state index contributed by atoms with van der Waals surface area (Å²) in [6, 6.07) is 5.80. The maximum atomic E-state index is 11.3. The van der Waals surface area contributed by atoms with Crippen LogP contribution in [0.3, 0.4) is 0 Å². The number of thiophene rings is 1. The van der Waals surface area contributed by atoms with Crippen LogP contribution in [0.1, 0.15) is 26.4 Å². The molecule has 0 atom stereocenters. The van der Waals surface area contributed by atoms with Gasteiger partial charge in [0, 0.05) is 29.3 Å². The molecular formula is C15H16N2O2S. The third-order valence-electron chi connectivity index (χ3n) is 3.77. The van der Waals surface area contributed by atoms with Gasteiger partial charge >= 0.3 is 5.97 Å². The van der Waals surface area contributed by atoms with Crippen LogP contribution in [0.2, 0.25) is 0 Å². The van der Waals surface area contributed by atoms with Crippen LogP contribution in [-0.2, 0) is 13.0 Å². The Balaban J connectivity index is 1.97. The van der Waals surface area contributed by atoms with Gasteiger partial charge in [-0.3, -0.25) is 0 Å². The molecular weight excluding hydrogens is 272 g/mol. The maximum Gasteiger partial charge on any atom is 0.337 e. The largest absolute Gasteiger partial charge is 0.478 e. The molecule has 1 aliphatic rings. The Labute approximate surface area is 121 Å². The van der Waals surface area contributed by atoms with Crippen LogP contribution in [-0.4, -0.2) is 17.6 Å². The maximum absolute atomic E-state index is 11.3. The summed E-state index contributed by atoms with van der Waals surface area (Å²) in [6.45, 7) is 3.60. The van der Waals surface area contributed by atoms with Crippen molar-refractivity contribution in [2.45, 2.75) is 19.9 Å². The average Bonchev–Trinajstić information content (AvgIpc) is 2.88. The number of hydrogen-bond acceptors (Lipinski definition) is 4. The van der Waals surface area contributed by atoms with Gasteiger partial charge in [-0.2, -0.15) is 0 Å². The Kier molecular flexibility index (Phi) is 3.14. The highest BCUT2D eigenvalue weighted by Crippen LogP contribution is 2.31. The van der Waals surface area contributed by atoms with Gasteiger partial charge in [0.25, 0.3) is 0 Å². The number of nitrogens with two attached hydrogens (primary N) is 1. The molecule has 0 bridgehead atoms. The second-order valence-electron chi connectivity index (χ2n) is 5.07. The zero-order valence-corrected chi connectivity index (χ0v) is 12.0. The van der Waals surface area contributed by atoms with Gasteiger partial charge in [-0.25, -0.2) is 4.79 Å². The van der Waals surface area contributed by atoms with E-state index in [0.717, 1.165) is 30.8 Å². The van der Waals surface area contributed by atoms with E-state index in [0.29, 0.717) is 5.69 Å². The Hall–Kier alpha value is -2.01. The lowest BCUT2D eigenvalue weighted by atomic mass is 10.0. The Morgan fingerprint density at radius 3 is 3.00 bits per heavy atom. The van der Waals surface area contributed by atoms with Crippen LogP contribution >= 0.6 is 11.3 Å². The zero-order valence-electron chi connectivity index (χ0n) is 11.2. The molecule has 0 saturated heterocycles. The molecule has 0 radical (unpaired) electrons. The number of carbonyl (C=O) groups is 1. The first-order valence-corrected chi connectivity index (χ1v) is 7.38. The quantitative estimate of drug-likeness (QED) is 0.834. The molecule has 2 heterocycles. The van der Waals surface area contributed by atoms with Crippen LogP contribution in [0, 0.1) is 6.92 Å². The van der Waals surface area contributed by atoms with Crippen molar-refractivity contribution in [1.82, 2.24) is 0 Å². The third kappa shape index (κ3) is 2.14. The summed E-state index contributed by atoms with van der Waals surface area (Å²) in [7, 11) is 0. The fourth-order valence-corrected chi connectivity index (χ4v) is 3.50. The fourth-order valence-electron chi connectivity index (χ4n) is 2.61. The van der Waals surface area contributed by atoms with E-state index in [1.807, 2.05) is 13.0 Å². The monoisotopic (exact) mass is 288 g/mol. The molecule has 4 nitrogen and oxygen atoms in total. The lowest BCUT2D eigenvalue weighted by Gasteiger charge is -2.29. The van der Waals surface area contributed by atoms with E-state index in [-0.39, 0.29) is 5.56 Å². The van der Waals surface area contributed by atoms with Crippen molar-refractivity contribution < 1.29 is 9.90 Å². The van der Waals surface area contributed by atoms with Gasteiger partial charge < -0.3 is 15.7 Å². The van der Waals surface area contributed by atoms with Gasteiger partial charge in [-0.15, -0.1) is 11.3 Å². The lowest BCUT2D eigenvalue weighted by Crippen LogP contribution is -2.29. The van der Waals surface area contributed by atoms with Gasteiger partial charge in [0.1, 0.15) is 0 Å². The molecule has 1 aliphatic heterocycles. The topological polar surface area (TPSA) is 66.6 Å². The number of nitrogens with zero attached hydrogens (tertiary/aromatic N) is 1. The summed E-state index contributed by atoms with van der Waals surface area (Å²) in [5.74, 6) is -0.972. The average molecular weight is 288 g/mol. The summed E-state index contributed by atoms with van der Waals surface area (Å²) in [5, 5.41) is 11.4. The predicted octanol–water partition coefficient (Wildman–Crippen LogP) is 2.90. The van der Waals surface area contributed by atoms with Gasteiger partial charge in [0.2, 0.25) is 0 Å². The van der Waals surface area contributed by atoms with Crippen LogP contribution in [0.25, 0.3) is 0 Å². The molecule has 0 fully saturated rings. The van der Waals surface area contributed by atoms with Crippen molar-refractivity contribution in [3.05, 3.63) is 45.1 Å². The second kappa shape index (κ2) is 4.83. The number of fused-ring (bicyclic) bond motifs is 1. The Bertz CT molecular complexity index is 679. The Morgan fingerprint density at radius 1 is 1.45 bits per heavy atom. The predicted molar refractivity (Wildman–Crippen MR) is 81.6 cm³/mol. The summed E-state index contributed by atoms with van der Waals surface area (Å²) in [4.78, 5) is 14.9. The molecule has 5 heteroatoms. The summed E-state index contributed by atoms with van der Waals surface area (Å²) in [6.07, 6.45) is 1.01. The zero-order chi connectivity index (χ0) is 14.3. The Morgan fingerprint density at radius 2 is 2.25 bits per heavy atom. The normalized spacial score (nSPS) is 14.2. The van der Waals surface area contributed by atoms with E-state index in [9.17, 15) is 9.90 Å². The van der Waals surface area contributed by atoms with E-state index in [2.05, 4.69) is 16.3 Å². The lowest BCUT2D eigenvalue weighted by molar-refractivity contribution is 0.0698. The van der Waals surface area contributed by atoms with E-state index >= 15 is 0 Å². The van der Waals surface area contributed by atoms with Gasteiger partial charge in [0.15, 0.2) is 0 Å². The molecule has 2 aromatic rings. The summed E-state index contributed by atoms with van der Waals surface area (Å²) >= 11 is 1.80. The number of anilines is 2. The van der Waals surface area contributed by atoms with E-state index in [1.54, 1.807) is 17.4 Å². The standard InChI is InChI=1S/C15H16N2O2S/c1-9-6-11(7-12(14(9)16)15(18)19)17-4-2-13-10(8-17)3-5-20-13/h3,5-7H,2,4,8,16H2,1H3,(H,18,19). The molecule has 0 saturated carbocycles. The first-order valence-electron chi connectivity index (χ1n) is 6.50. The van der Waals surface area contributed by atoms with Crippen molar-refractivity contribution in [2.75, 3.05) is 17.2 Å². The molecule has 104 valence electrons. The van der Waals surface area contributed by atoms with E-state index in [1.165, 1.54) is 10.4 Å². The minimum atomic E-state index is -0.972. The fraction of sp³-hybridized carbons (Fsp3) is 0.267. The third-order valence-corrected chi connectivity index (χ3v) is 4.80. The van der Waals surface area contributed by atoms with Gasteiger partial charge in [-0.05, 0) is 48.1 Å². The SMILES string of the molecule is Cc1cc(N2CCc3sccc3C2)cc(C(=O)O)c1N. The van der Waals surface area contributed by atoms with Crippen molar-refractivity contribution in [3.63, 3.8) is 0 Å². The number of carboxylic acid groups (broad SMARTS) is 1. The number of benzene rings is 1. The molecule has 1 aromatic heterocycles. The first-order chi connectivity index (χ1) is 9.56. The minimum Gasteiger partial charge on any atom is -0.478 e. The highest BCUT2D eigenvalue weighted by atomic mass is 32.1. The van der Waals surface area contributed by atoms with Crippen molar-refractivity contribution in [3.8, 4) is 0 Å². The second-order valence-corrected chi connectivity index (χ2v) is 6.07. The van der Waals surface area contributed by atoms with Crippen molar-refractivity contribution >= 4 is 28.7 Å². The van der Waals surface area contributed by atoms with Gasteiger partial charge in [-0.1, -0.05) is 0 Å². The van der Waals surface area contributed by atoms with Crippen molar-refractivity contribution in [1.29, 1.82) is 0 Å². The number of nitrogen functional groups attached to an aromatic ring is 1. The van der Waals surface area contributed by atoms with Crippen LogP contribution in [0.5, 0.6) is 0 Å². The number of aromatic carboxylic acids is 1. The summed E-state index contributed by atoms with van der Waals surface area (Å²) < 4.78 is 0. The molecule has 3 N–H and O–H groups in total. The van der Waals surface area contributed by atoms with Gasteiger partial charge in [0.05, 0.1) is 5.56 Å². The van der Waals surface area contributed by atoms with Crippen molar-refractivity contribution in [2.24, 2.45) is 0 Å². The highest BCUT2D eigenvalue weighted by Gasteiger charge is 2.20. The van der Waals surface area contributed by atoms with Crippen LogP contribution in [0.15, 0.2) is 23.6 Å². The van der Waals surface area contributed by atoms with Crippen LogP contribution in [0.4, 0.5) is 11.4 Å². The molecule has 0 amide bonds. The highest BCUT2D eigenvalue weighted by molar-refractivity contribution is 7.10. The number of rotatable bonds is 2. The van der Waals surface area contributed by atoms with E-state index in [4.69, 9.17) is 5.73 Å². The summed E-state index contributed by atoms with van der Waals surface area (Å²) in [5.41, 5.74) is 9.48. The number of carboxylic acids is 1. The molecule has 0 aliphatic carbocycles.